The van der Waals surface area contributed by atoms with E-state index in [1.807, 2.05) is 0 Å². The van der Waals surface area contributed by atoms with Crippen LogP contribution in [0.5, 0.6) is 0 Å². The lowest BCUT2D eigenvalue weighted by molar-refractivity contribution is -0.123. The van der Waals surface area contributed by atoms with Crippen LogP contribution in [0.4, 0.5) is 0 Å². The summed E-state index contributed by atoms with van der Waals surface area (Å²) < 4.78 is 0. The van der Waals surface area contributed by atoms with Crippen LogP contribution in [0.25, 0.3) is 0 Å². The summed E-state index contributed by atoms with van der Waals surface area (Å²) >= 11 is 0. The number of hydrogen-bond acceptors (Lipinski definition) is 5. The number of rotatable bonds is 6. The molecule has 0 aromatic rings. The van der Waals surface area contributed by atoms with Gasteiger partial charge in [0.05, 0.1) is 6.54 Å². The number of carbonyl (C=O) groups excluding carboxylic acids is 2. The molecule has 0 spiro atoms. The number of aliphatic hydroxyl groups is 2. The highest BCUT2D eigenvalue weighted by Crippen LogP contribution is 1.86. The van der Waals surface area contributed by atoms with Gasteiger partial charge in [-0.1, -0.05) is 0 Å². The van der Waals surface area contributed by atoms with Gasteiger partial charge in [-0.3, -0.25) is 9.69 Å². The van der Waals surface area contributed by atoms with Crippen LogP contribution in [-0.4, -0.2) is 60.0 Å². The van der Waals surface area contributed by atoms with Gasteiger partial charge in [0, 0.05) is 6.54 Å². The summed E-state index contributed by atoms with van der Waals surface area (Å²) in [6.07, 6.45) is -0.665. The summed E-state index contributed by atoms with van der Waals surface area (Å²) in [4.78, 5) is 22.1. The Morgan fingerprint density at radius 1 is 1.67 bits per heavy atom. The van der Waals surface area contributed by atoms with Crippen LogP contribution >= 0.6 is 0 Å². The van der Waals surface area contributed by atoms with Crippen molar-refractivity contribution in [2.45, 2.75) is 6.10 Å². The normalized spacial score (nSPS) is 13.0. The topological polar surface area (TPSA) is 77.8 Å². The Bertz CT molecular complexity index is 159. The third-order valence-corrected chi connectivity index (χ3v) is 1.28. The molecule has 70 valence electrons. The van der Waals surface area contributed by atoms with Crippen molar-refractivity contribution in [3.8, 4) is 0 Å². The zero-order valence-electron chi connectivity index (χ0n) is 6.93. The Kier molecular flexibility index (Phi) is 5.44. The number of likely N-dealkylation sites (N-methyl/N-ethyl adjacent to an activating group) is 1. The molecule has 0 radical (unpaired) electrons. The second-order valence-corrected chi connectivity index (χ2v) is 2.60. The SMILES string of the molecule is CN(CC(=O)CO)CC(O)C=O. The van der Waals surface area contributed by atoms with Crippen LogP contribution in [0.15, 0.2) is 0 Å². The standard InChI is InChI=1S/C7H13NO4/c1-8(2-6(11)4-9)3-7(12)5-10/h4,6,10-11H,2-3,5H2,1H3. The van der Waals surface area contributed by atoms with E-state index in [4.69, 9.17) is 10.2 Å². The van der Waals surface area contributed by atoms with Crippen LogP contribution in [-0.2, 0) is 9.59 Å². The van der Waals surface area contributed by atoms with Gasteiger partial charge in [0.1, 0.15) is 19.0 Å². The van der Waals surface area contributed by atoms with Crippen LogP contribution < -0.4 is 0 Å². The van der Waals surface area contributed by atoms with Crippen molar-refractivity contribution in [3.05, 3.63) is 0 Å². The third-order valence-electron chi connectivity index (χ3n) is 1.28. The van der Waals surface area contributed by atoms with Gasteiger partial charge in [-0.15, -0.1) is 0 Å². The molecule has 0 aliphatic heterocycles. The number of aliphatic hydroxyl groups excluding tert-OH is 2. The van der Waals surface area contributed by atoms with E-state index >= 15 is 0 Å². The summed E-state index contributed by atoms with van der Waals surface area (Å²) in [5.74, 6) is -0.337. The Labute approximate surface area is 70.6 Å². The fourth-order valence-electron chi connectivity index (χ4n) is 0.778. The Morgan fingerprint density at radius 2 is 2.25 bits per heavy atom. The molecular weight excluding hydrogens is 162 g/mol. The Hall–Kier alpha value is -0.780. The van der Waals surface area contributed by atoms with Crippen molar-refractivity contribution < 1.29 is 19.8 Å². The fraction of sp³-hybridized carbons (Fsp3) is 0.714. The molecule has 0 aliphatic rings. The van der Waals surface area contributed by atoms with Gasteiger partial charge >= 0.3 is 0 Å². The lowest BCUT2D eigenvalue weighted by Crippen LogP contribution is -2.34. The molecular formula is C7H13NO4. The van der Waals surface area contributed by atoms with E-state index in [0.717, 1.165) is 0 Å². The predicted molar refractivity (Wildman–Crippen MR) is 41.7 cm³/mol. The summed E-state index contributed by atoms with van der Waals surface area (Å²) in [6.45, 7) is -0.363. The number of nitrogens with zero attached hydrogens (tertiary/aromatic N) is 1. The van der Waals surface area contributed by atoms with Crippen LogP contribution in [0.3, 0.4) is 0 Å². The summed E-state index contributed by atoms with van der Waals surface area (Å²) in [7, 11) is 1.58. The van der Waals surface area contributed by atoms with Gasteiger partial charge in [0.25, 0.3) is 0 Å². The van der Waals surface area contributed by atoms with Gasteiger partial charge in [0.2, 0.25) is 0 Å². The van der Waals surface area contributed by atoms with Gasteiger partial charge in [-0.25, -0.2) is 0 Å². The lowest BCUT2D eigenvalue weighted by atomic mass is 10.3. The molecule has 0 fully saturated rings. The van der Waals surface area contributed by atoms with Gasteiger partial charge in [0.15, 0.2) is 5.78 Å². The molecule has 0 bridgehead atoms. The number of aldehydes is 1. The average Bonchev–Trinajstić information content (AvgIpc) is 2.03. The molecule has 0 rings (SSSR count). The third kappa shape index (κ3) is 4.95. The van der Waals surface area contributed by atoms with Crippen LogP contribution in [0, 0.1) is 0 Å². The minimum absolute atomic E-state index is 0.0431. The monoisotopic (exact) mass is 175 g/mol. The first-order valence-electron chi connectivity index (χ1n) is 3.54. The van der Waals surface area contributed by atoms with E-state index in [9.17, 15) is 9.59 Å². The molecule has 0 aliphatic carbocycles. The molecule has 0 amide bonds. The van der Waals surface area contributed by atoms with Gasteiger partial charge in [-0.05, 0) is 7.05 Å². The molecule has 0 saturated carbocycles. The largest absolute Gasteiger partial charge is 0.389 e. The van der Waals surface area contributed by atoms with Crippen LogP contribution in [0.2, 0.25) is 0 Å². The molecule has 0 heterocycles. The maximum atomic E-state index is 10.6. The number of carbonyl (C=O) groups is 2. The highest BCUT2D eigenvalue weighted by Gasteiger charge is 2.09. The highest BCUT2D eigenvalue weighted by atomic mass is 16.3. The van der Waals surface area contributed by atoms with Crippen molar-refractivity contribution in [1.29, 1.82) is 0 Å². The van der Waals surface area contributed by atoms with Crippen molar-refractivity contribution >= 4 is 12.1 Å². The first-order chi connectivity index (χ1) is 5.60. The molecule has 0 saturated heterocycles. The molecule has 1 atom stereocenters. The second kappa shape index (κ2) is 5.82. The molecule has 5 heteroatoms. The van der Waals surface area contributed by atoms with Crippen LogP contribution in [0.1, 0.15) is 0 Å². The number of hydrogen-bond donors (Lipinski definition) is 2. The number of ketones is 1. The van der Waals surface area contributed by atoms with Crippen molar-refractivity contribution in [2.24, 2.45) is 0 Å². The molecule has 1 unspecified atom stereocenters. The summed E-state index contributed by atoms with van der Waals surface area (Å²) in [5, 5.41) is 17.2. The highest BCUT2D eigenvalue weighted by molar-refractivity contribution is 5.81. The Morgan fingerprint density at radius 3 is 2.67 bits per heavy atom. The zero-order chi connectivity index (χ0) is 9.56. The molecule has 0 aromatic carbocycles. The van der Waals surface area contributed by atoms with E-state index in [-0.39, 0.29) is 18.9 Å². The number of Topliss-reactive ketones (excluding diaryl/α,β-unsaturated/α-hetero) is 1. The first kappa shape index (κ1) is 11.2. The smallest absolute Gasteiger partial charge is 0.172 e. The molecule has 2 N–H and O–H groups in total. The van der Waals surface area contributed by atoms with Gasteiger partial charge < -0.3 is 15.0 Å². The second-order valence-electron chi connectivity index (χ2n) is 2.60. The minimum Gasteiger partial charge on any atom is -0.389 e. The van der Waals surface area contributed by atoms with E-state index in [1.54, 1.807) is 7.05 Å². The van der Waals surface area contributed by atoms with Gasteiger partial charge in [-0.2, -0.15) is 0 Å². The Balaban J connectivity index is 3.65. The first-order valence-corrected chi connectivity index (χ1v) is 3.54. The van der Waals surface area contributed by atoms with Crippen molar-refractivity contribution in [3.63, 3.8) is 0 Å². The maximum absolute atomic E-state index is 10.6. The van der Waals surface area contributed by atoms with E-state index in [0.29, 0.717) is 6.29 Å². The molecule has 5 nitrogen and oxygen atoms in total. The summed E-state index contributed by atoms with van der Waals surface area (Å²) in [5.41, 5.74) is 0. The van der Waals surface area contributed by atoms with Crippen molar-refractivity contribution in [2.75, 3.05) is 26.7 Å². The predicted octanol–water partition coefficient (Wildman–Crippen LogP) is -1.96. The van der Waals surface area contributed by atoms with E-state index in [1.165, 1.54) is 4.90 Å². The quantitative estimate of drug-likeness (QED) is 0.458. The minimum atomic E-state index is -1.07. The van der Waals surface area contributed by atoms with E-state index < -0.39 is 12.7 Å². The maximum Gasteiger partial charge on any atom is 0.172 e. The van der Waals surface area contributed by atoms with E-state index in [2.05, 4.69) is 0 Å². The average molecular weight is 175 g/mol. The molecule has 12 heavy (non-hydrogen) atoms. The van der Waals surface area contributed by atoms with Crippen molar-refractivity contribution in [1.82, 2.24) is 4.90 Å². The zero-order valence-corrected chi connectivity index (χ0v) is 6.93. The molecule has 0 aromatic heterocycles. The lowest BCUT2D eigenvalue weighted by Gasteiger charge is -2.15. The summed E-state index contributed by atoms with van der Waals surface area (Å²) in [6, 6.07) is 0. The fourth-order valence-corrected chi connectivity index (χ4v) is 0.778.